The first-order valence-electron chi connectivity index (χ1n) is 8.02. The van der Waals surface area contributed by atoms with Crippen molar-refractivity contribution in [3.8, 4) is 0 Å². The Labute approximate surface area is 140 Å². The van der Waals surface area contributed by atoms with Gasteiger partial charge in [0.2, 0.25) is 0 Å². The van der Waals surface area contributed by atoms with Gasteiger partial charge in [0.05, 0.1) is 11.8 Å². The first kappa shape index (κ1) is 16.4. The lowest BCUT2D eigenvalue weighted by atomic mass is 10.00. The van der Waals surface area contributed by atoms with E-state index < -0.39 is 12.1 Å². The molecule has 1 aliphatic rings. The SMILES string of the molecule is O=C(O)c1cnccc1NC[C@@H](O)CN1CCc2ccccc2C1. The number of hydrogen-bond donors (Lipinski definition) is 3. The Morgan fingerprint density at radius 2 is 2.08 bits per heavy atom. The van der Waals surface area contributed by atoms with E-state index in [1.165, 1.54) is 23.5 Å². The molecule has 126 valence electrons. The normalized spacial score (nSPS) is 15.5. The third-order valence-electron chi connectivity index (χ3n) is 4.26. The van der Waals surface area contributed by atoms with Gasteiger partial charge in [0.25, 0.3) is 0 Å². The monoisotopic (exact) mass is 327 g/mol. The Morgan fingerprint density at radius 1 is 1.29 bits per heavy atom. The summed E-state index contributed by atoms with van der Waals surface area (Å²) >= 11 is 0. The Kier molecular flexibility index (Phi) is 5.08. The number of rotatable bonds is 6. The number of aliphatic hydroxyl groups is 1. The molecule has 2 aromatic rings. The highest BCUT2D eigenvalue weighted by atomic mass is 16.4. The third kappa shape index (κ3) is 3.90. The maximum Gasteiger partial charge on any atom is 0.339 e. The molecule has 0 amide bonds. The van der Waals surface area contributed by atoms with Crippen molar-refractivity contribution in [2.45, 2.75) is 19.1 Å². The number of fused-ring (bicyclic) bond motifs is 1. The molecule has 0 saturated heterocycles. The van der Waals surface area contributed by atoms with E-state index in [1.807, 2.05) is 6.07 Å². The van der Waals surface area contributed by atoms with E-state index in [9.17, 15) is 9.90 Å². The van der Waals surface area contributed by atoms with Crippen molar-refractivity contribution in [1.29, 1.82) is 0 Å². The van der Waals surface area contributed by atoms with Gasteiger partial charge in [0.15, 0.2) is 0 Å². The molecule has 1 aliphatic heterocycles. The number of aliphatic hydroxyl groups excluding tert-OH is 1. The van der Waals surface area contributed by atoms with Gasteiger partial charge >= 0.3 is 5.97 Å². The predicted molar refractivity (Wildman–Crippen MR) is 91.1 cm³/mol. The quantitative estimate of drug-likeness (QED) is 0.747. The molecule has 1 aromatic heterocycles. The van der Waals surface area contributed by atoms with E-state index in [1.54, 1.807) is 6.07 Å². The van der Waals surface area contributed by atoms with Crippen LogP contribution in [0.15, 0.2) is 42.7 Å². The lowest BCUT2D eigenvalue weighted by Gasteiger charge is -2.30. The number of carboxylic acid groups (broad SMARTS) is 1. The molecule has 2 heterocycles. The summed E-state index contributed by atoms with van der Waals surface area (Å²) in [5, 5.41) is 22.4. The van der Waals surface area contributed by atoms with Crippen molar-refractivity contribution in [2.24, 2.45) is 0 Å². The number of β-amino-alcohol motifs (C(OH)–C–C–N with tert-alkyl or cyclic N) is 1. The smallest absolute Gasteiger partial charge is 0.339 e. The van der Waals surface area contributed by atoms with Crippen LogP contribution in [0.5, 0.6) is 0 Å². The number of aromatic carboxylic acids is 1. The highest BCUT2D eigenvalue weighted by Gasteiger charge is 2.18. The Bertz CT molecular complexity index is 720. The van der Waals surface area contributed by atoms with E-state index in [0.29, 0.717) is 18.8 Å². The molecule has 6 nitrogen and oxygen atoms in total. The summed E-state index contributed by atoms with van der Waals surface area (Å²) in [6.45, 7) is 2.60. The van der Waals surface area contributed by atoms with Gasteiger partial charge in [-0.1, -0.05) is 24.3 Å². The first-order chi connectivity index (χ1) is 11.6. The molecule has 0 aliphatic carbocycles. The summed E-state index contributed by atoms with van der Waals surface area (Å²) in [5.74, 6) is -1.03. The second kappa shape index (κ2) is 7.42. The minimum Gasteiger partial charge on any atom is -0.478 e. The fraction of sp³-hybridized carbons (Fsp3) is 0.333. The molecule has 3 N–H and O–H groups in total. The summed E-state index contributed by atoms with van der Waals surface area (Å²) < 4.78 is 0. The molecule has 0 saturated carbocycles. The fourth-order valence-electron chi connectivity index (χ4n) is 3.02. The zero-order valence-corrected chi connectivity index (χ0v) is 13.4. The zero-order valence-electron chi connectivity index (χ0n) is 13.4. The van der Waals surface area contributed by atoms with Gasteiger partial charge in [-0.25, -0.2) is 4.79 Å². The average molecular weight is 327 g/mol. The van der Waals surface area contributed by atoms with Gasteiger partial charge < -0.3 is 15.5 Å². The number of aromatic nitrogens is 1. The predicted octanol–water partition coefficient (Wildman–Crippen LogP) is 1.61. The van der Waals surface area contributed by atoms with Crippen LogP contribution in [0.2, 0.25) is 0 Å². The highest BCUT2D eigenvalue weighted by molar-refractivity contribution is 5.93. The minimum atomic E-state index is -1.03. The van der Waals surface area contributed by atoms with Crippen molar-refractivity contribution >= 4 is 11.7 Å². The second-order valence-corrected chi connectivity index (χ2v) is 6.01. The van der Waals surface area contributed by atoms with Gasteiger partial charge in [0.1, 0.15) is 5.56 Å². The van der Waals surface area contributed by atoms with Crippen LogP contribution in [0.4, 0.5) is 5.69 Å². The number of carboxylic acids is 1. The van der Waals surface area contributed by atoms with E-state index >= 15 is 0 Å². The summed E-state index contributed by atoms with van der Waals surface area (Å²) in [5.41, 5.74) is 3.27. The van der Waals surface area contributed by atoms with Crippen LogP contribution in [0, 0.1) is 0 Å². The topological polar surface area (TPSA) is 85.7 Å². The van der Waals surface area contributed by atoms with Crippen LogP contribution in [-0.2, 0) is 13.0 Å². The Balaban J connectivity index is 1.54. The molecule has 0 unspecified atom stereocenters. The van der Waals surface area contributed by atoms with Gasteiger partial charge in [0, 0.05) is 38.6 Å². The van der Waals surface area contributed by atoms with Gasteiger partial charge in [-0.05, 0) is 23.6 Å². The fourth-order valence-corrected chi connectivity index (χ4v) is 3.02. The van der Waals surface area contributed by atoms with Gasteiger partial charge in [-0.15, -0.1) is 0 Å². The molecular formula is C18H21N3O3. The van der Waals surface area contributed by atoms with Crippen molar-refractivity contribution in [3.63, 3.8) is 0 Å². The maximum absolute atomic E-state index is 11.1. The Hall–Kier alpha value is -2.44. The van der Waals surface area contributed by atoms with E-state index in [0.717, 1.165) is 19.5 Å². The number of nitrogens with one attached hydrogen (secondary N) is 1. The highest BCUT2D eigenvalue weighted by Crippen LogP contribution is 2.19. The molecule has 0 fully saturated rings. The average Bonchev–Trinajstić information content (AvgIpc) is 2.60. The lowest BCUT2D eigenvalue weighted by Crippen LogP contribution is -2.39. The maximum atomic E-state index is 11.1. The molecule has 0 spiro atoms. The van der Waals surface area contributed by atoms with Crippen LogP contribution < -0.4 is 5.32 Å². The summed E-state index contributed by atoms with van der Waals surface area (Å²) in [6, 6.07) is 9.98. The molecule has 0 radical (unpaired) electrons. The molecule has 0 bridgehead atoms. The van der Waals surface area contributed by atoms with Crippen LogP contribution in [-0.4, -0.2) is 51.8 Å². The zero-order chi connectivity index (χ0) is 16.9. The van der Waals surface area contributed by atoms with Crippen LogP contribution in [0.25, 0.3) is 0 Å². The van der Waals surface area contributed by atoms with Gasteiger partial charge in [-0.3, -0.25) is 9.88 Å². The largest absolute Gasteiger partial charge is 0.478 e. The van der Waals surface area contributed by atoms with Crippen molar-refractivity contribution < 1.29 is 15.0 Å². The Morgan fingerprint density at radius 3 is 2.88 bits per heavy atom. The molecule has 1 aromatic carbocycles. The van der Waals surface area contributed by atoms with Crippen molar-refractivity contribution in [2.75, 3.05) is 25.0 Å². The number of pyridine rings is 1. The molecule has 1 atom stereocenters. The number of carbonyl (C=O) groups is 1. The number of benzene rings is 1. The number of nitrogens with zero attached hydrogens (tertiary/aromatic N) is 2. The third-order valence-corrected chi connectivity index (χ3v) is 4.26. The lowest BCUT2D eigenvalue weighted by molar-refractivity contribution is 0.0697. The molecule has 3 rings (SSSR count). The number of anilines is 1. The van der Waals surface area contributed by atoms with E-state index in [4.69, 9.17) is 5.11 Å². The standard InChI is InChI=1S/C18H21N3O3/c22-15(9-20-17-5-7-19-10-16(17)18(23)24)12-21-8-6-13-3-1-2-4-14(13)11-21/h1-5,7,10,15,22H,6,8-9,11-12H2,(H,19,20)(H,23,24)/t15-/m1/s1. The van der Waals surface area contributed by atoms with E-state index in [-0.39, 0.29) is 5.56 Å². The van der Waals surface area contributed by atoms with Crippen LogP contribution >= 0.6 is 0 Å². The van der Waals surface area contributed by atoms with Gasteiger partial charge in [-0.2, -0.15) is 0 Å². The number of hydrogen-bond acceptors (Lipinski definition) is 5. The molecular weight excluding hydrogens is 306 g/mol. The molecule has 6 heteroatoms. The minimum absolute atomic E-state index is 0.108. The van der Waals surface area contributed by atoms with Crippen LogP contribution in [0.3, 0.4) is 0 Å². The summed E-state index contributed by atoms with van der Waals surface area (Å²) in [4.78, 5) is 17.2. The van der Waals surface area contributed by atoms with E-state index in [2.05, 4.69) is 33.4 Å². The molecule has 24 heavy (non-hydrogen) atoms. The van der Waals surface area contributed by atoms with Crippen molar-refractivity contribution in [1.82, 2.24) is 9.88 Å². The summed E-state index contributed by atoms with van der Waals surface area (Å²) in [6.07, 6.45) is 3.25. The van der Waals surface area contributed by atoms with Crippen LogP contribution in [0.1, 0.15) is 21.5 Å². The summed E-state index contributed by atoms with van der Waals surface area (Å²) in [7, 11) is 0. The first-order valence-corrected chi connectivity index (χ1v) is 8.02. The van der Waals surface area contributed by atoms with Crippen molar-refractivity contribution in [3.05, 3.63) is 59.4 Å². The second-order valence-electron chi connectivity index (χ2n) is 6.01.